The van der Waals surface area contributed by atoms with Crippen molar-refractivity contribution in [2.24, 2.45) is 7.05 Å². The highest BCUT2D eigenvalue weighted by atomic mass is 32.1. The third-order valence-corrected chi connectivity index (χ3v) is 7.55. The van der Waals surface area contributed by atoms with Crippen LogP contribution in [-0.4, -0.2) is 44.4 Å². The highest BCUT2D eigenvalue weighted by molar-refractivity contribution is 7.16. The van der Waals surface area contributed by atoms with Gasteiger partial charge in [-0.25, -0.2) is 0 Å². The monoisotopic (exact) mass is 443 g/mol. The molecule has 1 aromatic carbocycles. The van der Waals surface area contributed by atoms with Crippen LogP contribution in [0.2, 0.25) is 0 Å². The average molecular weight is 444 g/mol. The minimum atomic E-state index is 0.0973. The molecule has 0 fully saturated rings. The van der Waals surface area contributed by atoms with Gasteiger partial charge in [-0.15, -0.1) is 0 Å². The van der Waals surface area contributed by atoms with Crippen molar-refractivity contribution in [1.82, 2.24) is 14.0 Å². The fourth-order valence-electron chi connectivity index (χ4n) is 4.68. The Bertz CT molecular complexity index is 1080. The number of rotatable bonds is 10. The number of hydrogen-bond acceptors (Lipinski definition) is 5. The highest BCUT2D eigenvalue weighted by Crippen LogP contribution is 2.39. The molecule has 4 rings (SSSR count). The Morgan fingerprint density at radius 1 is 1.03 bits per heavy atom. The van der Waals surface area contributed by atoms with Crippen molar-refractivity contribution in [2.45, 2.75) is 57.9 Å². The largest absolute Gasteiger partial charge is 0.494 e. The van der Waals surface area contributed by atoms with E-state index in [-0.39, 0.29) is 16.6 Å². The van der Waals surface area contributed by atoms with Crippen molar-refractivity contribution in [3.8, 4) is 11.8 Å². The van der Waals surface area contributed by atoms with Gasteiger partial charge >= 0.3 is 4.87 Å². The highest BCUT2D eigenvalue weighted by Gasteiger charge is 2.25. The smallest absolute Gasteiger partial charge is 0.307 e. The Morgan fingerprint density at radius 2 is 1.71 bits per heavy atom. The zero-order valence-corrected chi connectivity index (χ0v) is 19.4. The van der Waals surface area contributed by atoms with Crippen molar-refractivity contribution < 1.29 is 10.2 Å². The van der Waals surface area contributed by atoms with Gasteiger partial charge in [0.15, 0.2) is 11.8 Å². The first kappa shape index (κ1) is 22.0. The number of unbranched alkanes of at least 4 members (excludes halogenated alkanes) is 2. The fourth-order valence-corrected chi connectivity index (χ4v) is 5.63. The van der Waals surface area contributed by atoms with Crippen molar-refractivity contribution >= 4 is 21.6 Å². The second kappa shape index (κ2) is 9.49. The summed E-state index contributed by atoms with van der Waals surface area (Å²) in [6, 6.07) is 6.36. The van der Waals surface area contributed by atoms with E-state index < -0.39 is 0 Å². The minimum Gasteiger partial charge on any atom is -0.494 e. The van der Waals surface area contributed by atoms with Gasteiger partial charge in [-0.1, -0.05) is 17.4 Å². The van der Waals surface area contributed by atoms with Gasteiger partial charge in [-0.2, -0.15) is 0 Å². The Hall–Kier alpha value is -2.25. The van der Waals surface area contributed by atoms with Crippen LogP contribution in [0, 0.1) is 0 Å². The number of nitrogens with zero attached hydrogens (tertiary/aromatic N) is 3. The number of thiazole rings is 1. The summed E-state index contributed by atoms with van der Waals surface area (Å²) in [6.45, 7) is 2.76. The summed E-state index contributed by atoms with van der Waals surface area (Å²) >= 11 is 1.32. The van der Waals surface area contributed by atoms with Gasteiger partial charge in [0.25, 0.3) is 0 Å². The predicted octanol–water partition coefficient (Wildman–Crippen LogP) is 4.04. The van der Waals surface area contributed by atoms with Gasteiger partial charge in [0.1, 0.15) is 0 Å². The predicted molar refractivity (Wildman–Crippen MR) is 127 cm³/mol. The summed E-state index contributed by atoms with van der Waals surface area (Å²) in [5.41, 5.74) is 4.23. The number of fused-ring (bicyclic) bond motifs is 2. The molecule has 2 heterocycles. The third-order valence-electron chi connectivity index (χ3n) is 6.55. The molecule has 3 aromatic rings. The van der Waals surface area contributed by atoms with Gasteiger partial charge in [-0.3, -0.25) is 9.36 Å². The fraction of sp³-hybridized carbons (Fsp3) is 0.542. The van der Waals surface area contributed by atoms with Gasteiger partial charge in [-0.05, 0) is 89.2 Å². The molecule has 0 saturated carbocycles. The average Bonchev–Trinajstić information content (AvgIpc) is 3.40. The second-order valence-electron chi connectivity index (χ2n) is 8.81. The molecule has 1 aliphatic carbocycles. The lowest BCUT2D eigenvalue weighted by molar-refractivity contribution is 0.308. The lowest BCUT2D eigenvalue weighted by atomic mass is 10.1. The lowest BCUT2D eigenvalue weighted by Crippen LogP contribution is -2.21. The van der Waals surface area contributed by atoms with E-state index in [1.807, 2.05) is 7.05 Å². The van der Waals surface area contributed by atoms with E-state index in [9.17, 15) is 15.0 Å². The molecule has 168 valence electrons. The van der Waals surface area contributed by atoms with Gasteiger partial charge < -0.3 is 19.7 Å². The van der Waals surface area contributed by atoms with E-state index in [1.54, 1.807) is 9.13 Å². The molecule has 0 amide bonds. The maximum atomic E-state index is 11.8. The molecule has 7 heteroatoms. The first-order chi connectivity index (χ1) is 15.0. The molecule has 2 aromatic heterocycles. The van der Waals surface area contributed by atoms with Gasteiger partial charge in [0, 0.05) is 24.7 Å². The topological polar surface area (TPSA) is 70.6 Å². The summed E-state index contributed by atoms with van der Waals surface area (Å²) in [7, 11) is 3.99. The van der Waals surface area contributed by atoms with Crippen molar-refractivity contribution in [2.75, 3.05) is 20.1 Å². The third kappa shape index (κ3) is 4.67. The summed E-state index contributed by atoms with van der Waals surface area (Å²) in [5.74, 6) is 0.554. The van der Waals surface area contributed by atoms with Crippen LogP contribution in [0.25, 0.3) is 10.2 Å². The van der Waals surface area contributed by atoms with E-state index in [4.69, 9.17) is 0 Å². The molecule has 0 radical (unpaired) electrons. The van der Waals surface area contributed by atoms with E-state index in [1.165, 1.54) is 16.9 Å². The molecule has 0 bridgehead atoms. The summed E-state index contributed by atoms with van der Waals surface area (Å²) in [5, 5.41) is 20.7. The SMILES string of the molecule is CN(CCCCc1ccc2c(c1)sc(=O)n2C)CCCCn1c(O)c2c(c1O)CCC2. The number of benzene rings is 1. The summed E-state index contributed by atoms with van der Waals surface area (Å²) < 4.78 is 4.47. The molecule has 0 spiro atoms. The van der Waals surface area contributed by atoms with Crippen LogP contribution in [0.4, 0.5) is 0 Å². The molecular formula is C24H33N3O3S. The first-order valence-electron chi connectivity index (χ1n) is 11.3. The molecule has 2 N–H and O–H groups in total. The van der Waals surface area contributed by atoms with Crippen LogP contribution in [0.3, 0.4) is 0 Å². The van der Waals surface area contributed by atoms with Crippen molar-refractivity contribution in [1.29, 1.82) is 0 Å². The summed E-state index contributed by atoms with van der Waals surface area (Å²) in [6.07, 6.45) is 8.09. The quantitative estimate of drug-likeness (QED) is 0.464. The van der Waals surface area contributed by atoms with Crippen molar-refractivity contribution in [3.05, 3.63) is 44.6 Å². The standard InChI is InChI=1S/C24H33N3O3S/c1-25(14-5-6-15-27-22(28)18-9-7-10-19(18)23(27)29)13-4-3-8-17-11-12-20-21(16-17)31-24(30)26(20)2/h11-12,16,28-29H,3-10,13-15H2,1-2H3. The van der Waals surface area contributed by atoms with Gasteiger partial charge in [0.05, 0.1) is 10.2 Å². The molecule has 0 saturated heterocycles. The summed E-state index contributed by atoms with van der Waals surface area (Å²) in [4.78, 5) is 14.2. The molecule has 0 atom stereocenters. The normalized spacial score (nSPS) is 13.5. The minimum absolute atomic E-state index is 0.0973. The van der Waals surface area contributed by atoms with Crippen LogP contribution >= 0.6 is 11.3 Å². The van der Waals surface area contributed by atoms with Crippen LogP contribution in [0.1, 0.15) is 48.8 Å². The van der Waals surface area contributed by atoms with Crippen LogP contribution in [0.5, 0.6) is 11.8 Å². The Labute approximate surface area is 187 Å². The molecular weight excluding hydrogens is 410 g/mol. The van der Waals surface area contributed by atoms with Crippen LogP contribution < -0.4 is 4.87 Å². The zero-order chi connectivity index (χ0) is 22.0. The Morgan fingerprint density at radius 3 is 2.42 bits per heavy atom. The Kier molecular flexibility index (Phi) is 6.72. The second-order valence-corrected chi connectivity index (χ2v) is 9.80. The molecule has 31 heavy (non-hydrogen) atoms. The number of aryl methyl sites for hydroxylation is 2. The molecule has 1 aliphatic rings. The van der Waals surface area contributed by atoms with E-state index in [0.29, 0.717) is 6.54 Å². The molecule has 0 aliphatic heterocycles. The maximum absolute atomic E-state index is 11.8. The van der Waals surface area contributed by atoms with Gasteiger partial charge in [0.2, 0.25) is 0 Å². The molecule has 0 unspecified atom stereocenters. The lowest BCUT2D eigenvalue weighted by Gasteiger charge is -2.16. The maximum Gasteiger partial charge on any atom is 0.307 e. The number of aromatic nitrogens is 2. The first-order valence-corrected chi connectivity index (χ1v) is 12.2. The van der Waals surface area contributed by atoms with Crippen molar-refractivity contribution in [3.63, 3.8) is 0 Å². The Balaban J connectivity index is 1.14. The zero-order valence-electron chi connectivity index (χ0n) is 18.6. The van der Waals surface area contributed by atoms with E-state index in [2.05, 4.69) is 30.1 Å². The van der Waals surface area contributed by atoms with E-state index in [0.717, 1.165) is 85.8 Å². The number of hydrogen-bond donors (Lipinski definition) is 2. The number of aromatic hydroxyl groups is 2. The molecule has 6 nitrogen and oxygen atoms in total. The van der Waals surface area contributed by atoms with E-state index >= 15 is 0 Å². The van der Waals surface area contributed by atoms with Crippen LogP contribution in [-0.2, 0) is 32.9 Å². The van der Waals surface area contributed by atoms with Crippen LogP contribution in [0.15, 0.2) is 23.0 Å².